The molecule has 634 valence electrons. The van der Waals surface area contributed by atoms with E-state index in [2.05, 4.69) is 195 Å². The van der Waals surface area contributed by atoms with Gasteiger partial charge >= 0.3 is 0 Å². The molecule has 31 nitrogen and oxygen atoms in total. The second-order valence-corrected chi connectivity index (χ2v) is 21.3. The minimum atomic E-state index is 0.775. The van der Waals surface area contributed by atoms with Crippen LogP contribution in [0.3, 0.4) is 0 Å². The predicted octanol–water partition coefficient (Wildman–Crippen LogP) is 20.4. The summed E-state index contributed by atoms with van der Waals surface area (Å²) in [5, 5.41) is 25.5. The van der Waals surface area contributed by atoms with Gasteiger partial charge in [0, 0.05) is 55.0 Å². The lowest BCUT2D eigenvalue weighted by Crippen LogP contribution is -1.88. The molecule has 0 aliphatic rings. The van der Waals surface area contributed by atoms with Gasteiger partial charge in [-0.25, -0.2) is 88.3 Å². The van der Waals surface area contributed by atoms with Crippen molar-refractivity contribution in [3.63, 3.8) is 0 Å². The lowest BCUT2D eigenvalue weighted by molar-refractivity contribution is 0.892. The van der Waals surface area contributed by atoms with Crippen molar-refractivity contribution in [3.05, 3.63) is 340 Å². The van der Waals surface area contributed by atoms with Gasteiger partial charge in [0.2, 0.25) is 0 Å². The largest absolute Gasteiger partial charge is 0.306 e. The van der Waals surface area contributed by atoms with Crippen LogP contribution in [0.4, 0.5) is 0 Å². The maximum atomic E-state index is 4.11. The number of hydrogen-bond acceptors (Lipinski definition) is 21. The molecule has 0 aliphatic heterocycles. The highest BCUT2D eigenvalue weighted by Gasteiger charge is 2.01. The summed E-state index contributed by atoms with van der Waals surface area (Å²) in [6.45, 7) is 40.0. The summed E-state index contributed by atoms with van der Waals surface area (Å²) in [6.07, 6.45) is 62.6. The highest BCUT2D eigenvalue weighted by atomic mass is 15.3. The molecule has 20 aromatic heterocycles. The third-order valence-corrected chi connectivity index (χ3v) is 14.9. The van der Waals surface area contributed by atoms with Gasteiger partial charge in [-0.3, -0.25) is 22.6 Å². The van der Waals surface area contributed by atoms with E-state index in [1.165, 1.54) is 45.1 Å². The molecule has 0 radical (unpaired) electrons. The first kappa shape index (κ1) is 98.9. The number of nitrogens with zero attached hydrogens (tertiary/aromatic N) is 31. The predicted molar refractivity (Wildman–Crippen MR) is 494 cm³/mol. The van der Waals surface area contributed by atoms with Gasteiger partial charge in [-0.2, -0.15) is 20.4 Å². The van der Waals surface area contributed by atoms with Gasteiger partial charge in [-0.1, -0.05) is 211 Å². The van der Waals surface area contributed by atoms with Crippen LogP contribution >= 0.6 is 0 Å². The highest BCUT2D eigenvalue weighted by molar-refractivity contribution is 5.95. The minimum Gasteiger partial charge on any atom is -0.306 e. The van der Waals surface area contributed by atoms with E-state index in [1.54, 1.807) is 178 Å². The Labute approximate surface area is 712 Å². The third kappa shape index (κ3) is 30.2. The van der Waals surface area contributed by atoms with Crippen molar-refractivity contribution in [2.45, 2.75) is 138 Å². The van der Waals surface area contributed by atoms with E-state index in [1.807, 2.05) is 242 Å². The molecule has 0 saturated carbocycles. The molecule has 0 saturated heterocycles. The van der Waals surface area contributed by atoms with Gasteiger partial charge in [0.05, 0.1) is 151 Å². The average molecular weight is 1640 g/mol. The number of fused-ring (bicyclic) bond motifs is 15. The Balaban J connectivity index is 0.000000279. The molecule has 122 heavy (non-hydrogen) atoms. The van der Waals surface area contributed by atoms with Crippen LogP contribution in [-0.4, -0.2) is 150 Å². The Morgan fingerprint density at radius 1 is 0.230 bits per heavy atom. The van der Waals surface area contributed by atoms with Crippen molar-refractivity contribution in [1.29, 1.82) is 0 Å². The molecule has 0 spiro atoms. The second kappa shape index (κ2) is 60.1. The zero-order valence-electron chi connectivity index (χ0n) is 73.6. The van der Waals surface area contributed by atoms with Gasteiger partial charge in [-0.15, -0.1) is 5.10 Å². The number of para-hydroxylation sites is 1. The second-order valence-electron chi connectivity index (χ2n) is 21.3. The summed E-state index contributed by atoms with van der Waals surface area (Å²) >= 11 is 0. The lowest BCUT2D eigenvalue weighted by atomic mass is 10.1. The number of hydrogen-bond donors (Lipinski definition) is 0. The van der Waals surface area contributed by atoms with E-state index < -0.39 is 0 Å². The summed E-state index contributed by atoms with van der Waals surface area (Å²) in [4.78, 5) is 62.8. The molecule has 0 fully saturated rings. The molecule has 3 aromatic carbocycles. The monoisotopic (exact) mass is 1640 g/mol. The van der Waals surface area contributed by atoms with E-state index in [0.717, 1.165) is 55.6 Å². The molecule has 20 heterocycles. The molecular weight excluding hydrogens is 1530 g/mol. The normalized spacial score (nSPS) is 9.31. The van der Waals surface area contributed by atoms with Gasteiger partial charge in [-0.05, 0) is 64.0 Å². The first-order chi connectivity index (χ1) is 60.6. The van der Waals surface area contributed by atoms with E-state index in [-0.39, 0.29) is 0 Å². The third-order valence-electron chi connectivity index (χ3n) is 14.9. The van der Waals surface area contributed by atoms with Gasteiger partial charge in [0.25, 0.3) is 0 Å². The number of pyridine rings is 3. The Morgan fingerprint density at radius 3 is 1.47 bits per heavy atom. The van der Waals surface area contributed by atoms with E-state index in [9.17, 15) is 0 Å². The van der Waals surface area contributed by atoms with Gasteiger partial charge < -0.3 is 13.2 Å². The SMILES string of the molecule is CC.CC.CC.CC.CC.CC.CC.CC.CC.CC.c1cc2cncn2cn1.c1ccc2c(c1)ccc1cncn12.c1ccc2c(c1)ccn1cncc21.c1ccc2cn3cncc3cc2c1.c1cn2cncc2cn1.c1cn2cncc2nn1.c1cnn2cncc2c1.c1cnn2cncc2n1.c1ncc2cncn2n1.c1ncn2cncc2n1. The van der Waals surface area contributed by atoms with Gasteiger partial charge in [0.15, 0.2) is 16.9 Å². The van der Waals surface area contributed by atoms with Crippen molar-refractivity contribution >= 4 is 88.0 Å². The molecule has 0 N–H and O–H groups in total. The van der Waals surface area contributed by atoms with Gasteiger partial charge in [0.1, 0.15) is 68.8 Å². The van der Waals surface area contributed by atoms with E-state index in [4.69, 9.17) is 0 Å². The topological polar surface area (TPSA) is 315 Å². The average Bonchev–Trinajstić information content (AvgIpc) is 1.60. The molecule has 0 bridgehead atoms. The van der Waals surface area contributed by atoms with Crippen LogP contribution in [0.2, 0.25) is 0 Å². The van der Waals surface area contributed by atoms with E-state index in [0.29, 0.717) is 0 Å². The molecule has 0 amide bonds. The Hall–Kier alpha value is -15.4. The van der Waals surface area contributed by atoms with Crippen LogP contribution < -0.4 is 0 Å². The van der Waals surface area contributed by atoms with Crippen molar-refractivity contribution < 1.29 is 0 Å². The van der Waals surface area contributed by atoms with Crippen molar-refractivity contribution in [2.75, 3.05) is 0 Å². The quantitative estimate of drug-likeness (QED) is 0.136. The standard InChI is InChI=1S/3C11H8N2.3C6H5N3.4C5H4N4.10C2H6/c1-2-4-10-7-13-8-12-6-11(13)5-9(10)3-1;1-2-4-11-9(3-1)5-6-10-7-12-8-13(10)11;1-2-4-10-9(3-1)5-6-13-8-12-7-11(10)13;1-2-9-5-8-4-6(9)3-7-1;1-2-7-4-9-5-8-3-6(1)9;1-2-6-4-7-5-9(6)8-3-1;1-5-8-2-7-4-9(5)3-6-1;1-5-2-7-4-9(5)8-3-6-1;1-2-9-4-6-3-5(9)8-7-1;1-2-8-9-4-6-3-5(9)7-1;10*1-2/h3*1-8H;3*1-5H;4*1-4H;10*1-2H3. The fourth-order valence-corrected chi connectivity index (χ4v) is 9.95. The maximum Gasteiger partial charge on any atom is 0.179 e. The molecular formula is C91H115N31. The van der Waals surface area contributed by atoms with Crippen LogP contribution in [0.25, 0.3) is 88.0 Å². The number of benzene rings is 3. The summed E-state index contributed by atoms with van der Waals surface area (Å²) in [6, 6.07) is 39.1. The van der Waals surface area contributed by atoms with Crippen LogP contribution in [0, 0.1) is 0 Å². The van der Waals surface area contributed by atoms with Crippen molar-refractivity contribution in [3.8, 4) is 0 Å². The summed E-state index contributed by atoms with van der Waals surface area (Å²) < 4.78 is 18.5. The molecule has 0 atom stereocenters. The number of aromatic nitrogens is 31. The molecule has 23 aromatic rings. The van der Waals surface area contributed by atoms with E-state index >= 15 is 0 Å². The molecule has 0 unspecified atom stereocenters. The number of rotatable bonds is 0. The van der Waals surface area contributed by atoms with Crippen molar-refractivity contribution in [2.24, 2.45) is 0 Å². The maximum absolute atomic E-state index is 4.11. The number of imidazole rings is 10. The molecule has 23 rings (SSSR count). The van der Waals surface area contributed by atoms with Crippen LogP contribution in [0.5, 0.6) is 0 Å². The van der Waals surface area contributed by atoms with Crippen LogP contribution in [0.1, 0.15) is 138 Å². The zero-order chi connectivity index (χ0) is 88.8. The summed E-state index contributed by atoms with van der Waals surface area (Å²) in [5.74, 6) is 0. The molecule has 0 aliphatic carbocycles. The van der Waals surface area contributed by atoms with Crippen LogP contribution in [-0.2, 0) is 0 Å². The lowest BCUT2D eigenvalue weighted by Gasteiger charge is -2.00. The first-order valence-electron chi connectivity index (χ1n) is 41.0. The Kier molecular flexibility index (Phi) is 48.8. The Bertz CT molecular complexity index is 5430. The fourth-order valence-electron chi connectivity index (χ4n) is 9.95. The fraction of sp³-hybridized carbons (Fsp3) is 0.220. The molecule has 31 heteroatoms. The summed E-state index contributed by atoms with van der Waals surface area (Å²) in [7, 11) is 0. The highest BCUT2D eigenvalue weighted by Crippen LogP contribution is 2.20. The summed E-state index contributed by atoms with van der Waals surface area (Å²) in [5.41, 5.74) is 11.1. The zero-order valence-corrected chi connectivity index (χ0v) is 73.6. The first-order valence-corrected chi connectivity index (χ1v) is 41.0. The van der Waals surface area contributed by atoms with Crippen molar-refractivity contribution in [1.82, 2.24) is 150 Å². The van der Waals surface area contributed by atoms with Crippen LogP contribution in [0.15, 0.2) is 340 Å². The smallest absolute Gasteiger partial charge is 0.179 e. The Morgan fingerprint density at radius 2 is 0.754 bits per heavy atom. The minimum absolute atomic E-state index is 0.775.